The highest BCUT2D eigenvalue weighted by Crippen LogP contribution is 2.31. The largest absolute Gasteiger partial charge is 0.493 e. The maximum absolute atomic E-state index is 12.7. The van der Waals surface area contributed by atoms with E-state index in [0.717, 1.165) is 5.56 Å². The second-order valence-electron chi connectivity index (χ2n) is 7.65. The molecule has 0 aliphatic carbocycles. The van der Waals surface area contributed by atoms with Crippen molar-refractivity contribution >= 4 is 22.2 Å². The number of hydrogen-bond acceptors (Lipinski definition) is 8. The van der Waals surface area contributed by atoms with Crippen LogP contribution in [0, 0.1) is 6.92 Å². The number of methoxy groups -OCH3 is 1. The minimum absolute atomic E-state index is 0.0332. The molecule has 0 bridgehead atoms. The number of ether oxygens (including phenoxy) is 3. The van der Waals surface area contributed by atoms with Crippen LogP contribution in [0.3, 0.4) is 0 Å². The molecule has 0 saturated heterocycles. The maximum atomic E-state index is 12.7. The van der Waals surface area contributed by atoms with Crippen molar-refractivity contribution in [2.24, 2.45) is 5.10 Å². The number of benzene rings is 3. The number of nitrogens with zero attached hydrogens (tertiary/aromatic N) is 1. The average molecular weight is 525 g/mol. The molecule has 1 amide bonds. The van der Waals surface area contributed by atoms with Gasteiger partial charge in [-0.1, -0.05) is 30.4 Å². The normalized spacial score (nSPS) is 11.1. The van der Waals surface area contributed by atoms with Crippen molar-refractivity contribution in [3.8, 4) is 23.0 Å². The number of carbonyl (C=O) groups excluding carboxylic acids is 1. The van der Waals surface area contributed by atoms with Gasteiger partial charge in [-0.25, -0.2) is 5.43 Å². The molecule has 3 aromatic carbocycles. The van der Waals surface area contributed by atoms with Gasteiger partial charge in [0, 0.05) is 5.56 Å². The fraction of sp³-hybridized carbons (Fsp3) is 0.185. The van der Waals surface area contributed by atoms with Gasteiger partial charge in [-0.15, -0.1) is 0 Å². The highest BCUT2D eigenvalue weighted by Gasteiger charge is 2.19. The molecule has 3 aromatic rings. The Bertz CT molecular complexity index is 1380. The Kier molecular flexibility index (Phi) is 9.28. The van der Waals surface area contributed by atoms with Gasteiger partial charge in [-0.05, 0) is 67.9 Å². The highest BCUT2D eigenvalue weighted by atomic mass is 32.2. The SMILES string of the molecule is C=CCOc1ccc(C(=O)N/N=C/c2ccc(OS(=O)(=O)c3ccc(C)cc3)c(OCC)c2)cc1OC. The summed E-state index contributed by atoms with van der Waals surface area (Å²) in [6.45, 7) is 7.81. The Labute approximate surface area is 216 Å². The number of amides is 1. The van der Waals surface area contributed by atoms with Crippen molar-refractivity contribution < 1.29 is 31.6 Å². The Hall–Kier alpha value is -4.31. The summed E-state index contributed by atoms with van der Waals surface area (Å²) < 4.78 is 47.0. The number of aryl methyl sites for hydroxylation is 1. The van der Waals surface area contributed by atoms with E-state index in [1.807, 2.05) is 6.92 Å². The molecule has 9 nitrogen and oxygen atoms in total. The summed E-state index contributed by atoms with van der Waals surface area (Å²) >= 11 is 0. The quantitative estimate of drug-likeness (QED) is 0.161. The monoisotopic (exact) mass is 524 g/mol. The fourth-order valence-corrected chi connectivity index (χ4v) is 4.06. The molecule has 0 aliphatic rings. The Morgan fingerprint density at radius 2 is 1.70 bits per heavy atom. The average Bonchev–Trinajstić information content (AvgIpc) is 2.89. The number of hydrogen-bond donors (Lipinski definition) is 1. The van der Waals surface area contributed by atoms with Crippen molar-refractivity contribution in [1.29, 1.82) is 0 Å². The summed E-state index contributed by atoms with van der Waals surface area (Å²) in [7, 11) is -2.57. The van der Waals surface area contributed by atoms with E-state index in [2.05, 4.69) is 17.1 Å². The summed E-state index contributed by atoms with van der Waals surface area (Å²) in [4.78, 5) is 12.5. The molecule has 0 heterocycles. The van der Waals surface area contributed by atoms with E-state index in [1.165, 1.54) is 37.6 Å². The molecule has 37 heavy (non-hydrogen) atoms. The number of carbonyl (C=O) groups is 1. The Morgan fingerprint density at radius 1 is 0.973 bits per heavy atom. The molecule has 0 saturated carbocycles. The summed E-state index contributed by atoms with van der Waals surface area (Å²) in [6.07, 6.45) is 3.00. The predicted octanol–water partition coefficient (Wildman–Crippen LogP) is 4.50. The number of rotatable bonds is 12. The van der Waals surface area contributed by atoms with Gasteiger partial charge in [0.05, 0.1) is 19.9 Å². The maximum Gasteiger partial charge on any atom is 0.339 e. The zero-order valence-corrected chi connectivity index (χ0v) is 21.6. The molecule has 0 fully saturated rings. The van der Waals surface area contributed by atoms with Crippen LogP contribution in [0.4, 0.5) is 0 Å². The highest BCUT2D eigenvalue weighted by molar-refractivity contribution is 7.87. The molecule has 194 valence electrons. The van der Waals surface area contributed by atoms with Gasteiger partial charge < -0.3 is 18.4 Å². The van der Waals surface area contributed by atoms with Crippen LogP contribution in [0.2, 0.25) is 0 Å². The van der Waals surface area contributed by atoms with Gasteiger partial charge in [0.2, 0.25) is 0 Å². The molecule has 3 rings (SSSR count). The van der Waals surface area contributed by atoms with Gasteiger partial charge in [0.15, 0.2) is 23.0 Å². The van der Waals surface area contributed by atoms with E-state index in [4.69, 9.17) is 18.4 Å². The van der Waals surface area contributed by atoms with Crippen LogP contribution >= 0.6 is 0 Å². The Balaban J connectivity index is 1.72. The third-order valence-corrected chi connectivity index (χ3v) is 6.19. The van der Waals surface area contributed by atoms with Crippen molar-refractivity contribution in [2.45, 2.75) is 18.7 Å². The lowest BCUT2D eigenvalue weighted by Crippen LogP contribution is -2.17. The van der Waals surface area contributed by atoms with Crippen molar-refractivity contribution in [1.82, 2.24) is 5.43 Å². The van der Waals surface area contributed by atoms with Crippen molar-refractivity contribution in [2.75, 3.05) is 20.3 Å². The second kappa shape index (κ2) is 12.6. The smallest absolute Gasteiger partial charge is 0.339 e. The fourth-order valence-electron chi connectivity index (χ4n) is 3.12. The van der Waals surface area contributed by atoms with Crippen LogP contribution in [0.15, 0.2) is 83.3 Å². The molecule has 0 aliphatic heterocycles. The lowest BCUT2D eigenvalue weighted by atomic mass is 10.2. The van der Waals surface area contributed by atoms with Crippen molar-refractivity contribution in [3.63, 3.8) is 0 Å². The van der Waals surface area contributed by atoms with Gasteiger partial charge >= 0.3 is 10.1 Å². The van der Waals surface area contributed by atoms with E-state index < -0.39 is 16.0 Å². The van der Waals surface area contributed by atoms with E-state index in [-0.39, 0.29) is 23.0 Å². The molecule has 1 N–H and O–H groups in total. The van der Waals surface area contributed by atoms with Crippen LogP contribution in [0.1, 0.15) is 28.4 Å². The Morgan fingerprint density at radius 3 is 2.38 bits per heavy atom. The lowest BCUT2D eigenvalue weighted by molar-refractivity contribution is 0.0954. The first kappa shape index (κ1) is 27.3. The van der Waals surface area contributed by atoms with Crippen LogP contribution in [-0.2, 0) is 10.1 Å². The van der Waals surface area contributed by atoms with E-state index in [9.17, 15) is 13.2 Å². The first-order valence-electron chi connectivity index (χ1n) is 11.3. The summed E-state index contributed by atoms with van der Waals surface area (Å²) in [5.41, 5.74) is 4.24. The number of hydrazone groups is 1. The van der Waals surface area contributed by atoms with Crippen molar-refractivity contribution in [3.05, 3.63) is 90.0 Å². The molecular formula is C27H28N2O7S. The van der Waals surface area contributed by atoms with Gasteiger partial charge in [-0.3, -0.25) is 4.79 Å². The van der Waals surface area contributed by atoms with Gasteiger partial charge in [0.25, 0.3) is 5.91 Å². The second-order valence-corrected chi connectivity index (χ2v) is 9.20. The zero-order valence-electron chi connectivity index (χ0n) is 20.8. The molecule has 10 heteroatoms. The van der Waals surface area contributed by atoms with Gasteiger partial charge in [-0.2, -0.15) is 13.5 Å². The lowest BCUT2D eigenvalue weighted by Gasteiger charge is -2.12. The zero-order chi connectivity index (χ0) is 26.8. The van der Waals surface area contributed by atoms with E-state index in [0.29, 0.717) is 29.2 Å². The molecule has 0 unspecified atom stereocenters. The predicted molar refractivity (Wildman–Crippen MR) is 140 cm³/mol. The van der Waals surface area contributed by atoms with Crippen LogP contribution in [-0.4, -0.2) is 40.9 Å². The number of nitrogens with one attached hydrogen (secondary N) is 1. The van der Waals surface area contributed by atoms with E-state index >= 15 is 0 Å². The topological polar surface area (TPSA) is 113 Å². The summed E-state index contributed by atoms with van der Waals surface area (Å²) in [5, 5.41) is 3.98. The minimum Gasteiger partial charge on any atom is -0.493 e. The van der Waals surface area contributed by atoms with Gasteiger partial charge in [0.1, 0.15) is 11.5 Å². The summed E-state index contributed by atoms with van der Waals surface area (Å²) in [6, 6.07) is 15.7. The first-order valence-corrected chi connectivity index (χ1v) is 12.7. The first-order chi connectivity index (χ1) is 17.8. The summed E-state index contributed by atoms with van der Waals surface area (Å²) in [5.74, 6) is 0.676. The van der Waals surface area contributed by atoms with Crippen LogP contribution < -0.4 is 23.8 Å². The molecule has 0 atom stereocenters. The standard InChI is InChI=1S/C27H28N2O7S/c1-5-15-35-23-14-10-21(17-25(23)33-4)27(30)29-28-18-20-9-13-24(26(16-20)34-6-2)36-37(31,32)22-11-7-19(3)8-12-22/h5,7-14,16-18H,1,6,15H2,2-4H3,(H,29,30)/b28-18+. The third-order valence-electron chi connectivity index (χ3n) is 4.94. The molecular weight excluding hydrogens is 496 g/mol. The minimum atomic E-state index is -4.05. The van der Waals surface area contributed by atoms with Crippen LogP contribution in [0.5, 0.6) is 23.0 Å². The van der Waals surface area contributed by atoms with E-state index in [1.54, 1.807) is 49.4 Å². The van der Waals surface area contributed by atoms with Crippen LogP contribution in [0.25, 0.3) is 0 Å². The third kappa shape index (κ3) is 7.34. The molecule has 0 radical (unpaired) electrons. The molecule has 0 spiro atoms. The molecule has 0 aromatic heterocycles.